The van der Waals surface area contributed by atoms with Crippen molar-refractivity contribution in [3.63, 3.8) is 0 Å². The zero-order valence-electron chi connectivity index (χ0n) is 25.5. The Balaban J connectivity index is 1.42. The average Bonchev–Trinajstić information content (AvgIpc) is 3.06. The topological polar surface area (TPSA) is 130 Å². The predicted molar refractivity (Wildman–Crippen MR) is 165 cm³/mol. The van der Waals surface area contributed by atoms with Gasteiger partial charge in [0.05, 0.1) is 31.5 Å². The van der Waals surface area contributed by atoms with E-state index in [0.29, 0.717) is 13.0 Å². The quantitative estimate of drug-likeness (QED) is 0.214. The van der Waals surface area contributed by atoms with Crippen LogP contribution in [0.25, 0.3) is 0 Å². The molecule has 44 heavy (non-hydrogen) atoms. The first-order valence-electron chi connectivity index (χ1n) is 15.0. The lowest BCUT2D eigenvalue weighted by molar-refractivity contribution is -0.253. The van der Waals surface area contributed by atoms with E-state index in [0.717, 1.165) is 27.8 Å². The van der Waals surface area contributed by atoms with Crippen LogP contribution in [0.5, 0.6) is 0 Å². The van der Waals surface area contributed by atoms with Gasteiger partial charge in [-0.2, -0.15) is 0 Å². The van der Waals surface area contributed by atoms with Crippen LogP contribution in [-0.2, 0) is 32.2 Å². The summed E-state index contributed by atoms with van der Waals surface area (Å²) in [5.41, 5.74) is 4.39. The first-order chi connectivity index (χ1) is 21.3. The van der Waals surface area contributed by atoms with Gasteiger partial charge in [-0.25, -0.2) is 4.79 Å². The summed E-state index contributed by atoms with van der Waals surface area (Å²) >= 11 is 0. The number of carbonyl (C=O) groups is 2. The van der Waals surface area contributed by atoms with Crippen LogP contribution in [0, 0.1) is 0 Å². The molecule has 10 nitrogen and oxygen atoms in total. The van der Waals surface area contributed by atoms with Crippen molar-refractivity contribution >= 4 is 12.0 Å². The van der Waals surface area contributed by atoms with Gasteiger partial charge in [0.25, 0.3) is 0 Å². The molecule has 1 aliphatic rings. The third-order valence-corrected chi connectivity index (χ3v) is 7.80. The molecule has 1 fully saturated rings. The molecule has 10 heteroatoms. The number of rotatable bonds is 13. The second-order valence-electron chi connectivity index (χ2n) is 11.0. The highest BCUT2D eigenvalue weighted by Gasteiger charge is 2.34. The Morgan fingerprint density at radius 3 is 2.27 bits per heavy atom. The molecule has 3 aromatic rings. The highest BCUT2D eigenvalue weighted by Crippen LogP contribution is 2.38. The monoisotopic (exact) mass is 605 g/mol. The summed E-state index contributed by atoms with van der Waals surface area (Å²) in [6, 6.07) is 24.4. The van der Waals surface area contributed by atoms with Gasteiger partial charge in [0.15, 0.2) is 6.29 Å². The molecule has 0 unspecified atom stereocenters. The van der Waals surface area contributed by atoms with E-state index in [2.05, 4.69) is 15.5 Å². The Morgan fingerprint density at radius 2 is 1.61 bits per heavy atom. The molecular weight excluding hydrogens is 562 g/mol. The second-order valence-corrected chi connectivity index (χ2v) is 11.0. The van der Waals surface area contributed by atoms with Gasteiger partial charge in [0.2, 0.25) is 0 Å². The number of nitrogens with zero attached hydrogens (tertiary/aromatic N) is 1. The molecule has 1 heterocycles. The minimum atomic E-state index is -0.646. The normalized spacial score (nSPS) is 19.6. The molecule has 1 saturated heterocycles. The molecule has 0 saturated carbocycles. The second kappa shape index (κ2) is 16.3. The van der Waals surface area contributed by atoms with Crippen LogP contribution in [0.2, 0.25) is 0 Å². The lowest BCUT2D eigenvalue weighted by atomic mass is 9.98. The summed E-state index contributed by atoms with van der Waals surface area (Å²) in [5, 5.41) is 25.7. The Bertz CT molecular complexity index is 1320. The standard InChI is InChI=1S/C34H43N3O7/c1-4-42-31(39)20-36-34(41)35-19-24-10-16-28(17-11-24)33-43-29(18-30(44-33)26-14-12-25(22-38)13-15-26)21-37(3)23(2)32(40)27-8-6-5-7-9-27/h5-17,23,29-30,32-33,38,40H,4,18-22H2,1-3H3,(H2,35,36,41)/t23-,29-,30+,32-,33+/m0/s1. The average molecular weight is 606 g/mol. The SMILES string of the molecule is CCOC(=O)CNC(=O)NCc1ccc([C@@H]2O[C@H](CN(C)[C@@H](C)[C@H](O)c3ccccc3)C[C@H](c3ccc(CO)cc3)O2)cc1. The third-order valence-electron chi connectivity index (χ3n) is 7.80. The van der Waals surface area contributed by atoms with E-state index in [4.69, 9.17) is 14.2 Å². The summed E-state index contributed by atoms with van der Waals surface area (Å²) < 4.78 is 17.7. The highest BCUT2D eigenvalue weighted by atomic mass is 16.7. The van der Waals surface area contributed by atoms with Gasteiger partial charge >= 0.3 is 12.0 Å². The molecule has 5 atom stereocenters. The van der Waals surface area contributed by atoms with Gasteiger partial charge in [-0.3, -0.25) is 9.69 Å². The van der Waals surface area contributed by atoms with Crippen LogP contribution >= 0.6 is 0 Å². The fourth-order valence-electron chi connectivity index (χ4n) is 5.09. The van der Waals surface area contributed by atoms with Gasteiger partial charge in [-0.1, -0.05) is 78.9 Å². The van der Waals surface area contributed by atoms with Crippen LogP contribution in [0.15, 0.2) is 78.9 Å². The number of likely N-dealkylation sites (N-methyl/N-ethyl adjacent to an activating group) is 1. The molecule has 0 spiro atoms. The van der Waals surface area contributed by atoms with Gasteiger partial charge in [0, 0.05) is 31.1 Å². The number of aliphatic hydroxyl groups is 2. The summed E-state index contributed by atoms with van der Waals surface area (Å²) in [5.74, 6) is -0.492. The summed E-state index contributed by atoms with van der Waals surface area (Å²) in [6.07, 6.45) is -1.08. The van der Waals surface area contributed by atoms with Crippen LogP contribution in [0.4, 0.5) is 4.79 Å². The van der Waals surface area contributed by atoms with Gasteiger partial charge in [-0.05, 0) is 43.1 Å². The van der Waals surface area contributed by atoms with Gasteiger partial charge in [-0.15, -0.1) is 0 Å². The van der Waals surface area contributed by atoms with Crippen molar-refractivity contribution in [2.45, 2.75) is 64.1 Å². The maximum absolute atomic E-state index is 12.0. The fraction of sp³-hybridized carbons (Fsp3) is 0.412. The molecule has 3 aromatic carbocycles. The Kier molecular flexibility index (Phi) is 12.3. The van der Waals surface area contributed by atoms with E-state index in [1.165, 1.54) is 0 Å². The molecule has 2 amide bonds. The van der Waals surface area contributed by atoms with Crippen molar-refractivity contribution < 1.29 is 34.0 Å². The number of benzene rings is 3. The lowest BCUT2D eigenvalue weighted by Gasteiger charge is -2.39. The molecule has 1 aliphatic heterocycles. The Morgan fingerprint density at radius 1 is 0.955 bits per heavy atom. The summed E-state index contributed by atoms with van der Waals surface area (Å²) in [4.78, 5) is 25.6. The fourth-order valence-corrected chi connectivity index (χ4v) is 5.09. The predicted octanol–water partition coefficient (Wildman–Crippen LogP) is 4.14. The molecule has 0 aromatic heterocycles. The summed E-state index contributed by atoms with van der Waals surface area (Å²) in [6.45, 7) is 4.60. The van der Waals surface area contributed by atoms with Crippen molar-refractivity contribution in [3.05, 3.63) is 107 Å². The molecular formula is C34H43N3O7. The van der Waals surface area contributed by atoms with Gasteiger partial charge < -0.3 is 35.1 Å². The number of nitrogens with one attached hydrogen (secondary N) is 2. The molecule has 0 bridgehead atoms. The van der Waals surface area contributed by atoms with Crippen molar-refractivity contribution in [2.75, 3.05) is 26.7 Å². The first-order valence-corrected chi connectivity index (χ1v) is 15.0. The van der Waals surface area contributed by atoms with Gasteiger partial charge in [0.1, 0.15) is 6.54 Å². The van der Waals surface area contributed by atoms with E-state index < -0.39 is 24.4 Å². The van der Waals surface area contributed by atoms with Crippen LogP contribution in [-0.4, -0.2) is 66.0 Å². The van der Waals surface area contributed by atoms with E-state index >= 15 is 0 Å². The van der Waals surface area contributed by atoms with E-state index in [-0.39, 0.29) is 44.6 Å². The number of hydrogen-bond acceptors (Lipinski definition) is 8. The van der Waals surface area contributed by atoms with Crippen molar-refractivity contribution in [2.24, 2.45) is 0 Å². The van der Waals surface area contributed by atoms with Crippen molar-refractivity contribution in [3.8, 4) is 0 Å². The number of carbonyl (C=O) groups excluding carboxylic acids is 2. The largest absolute Gasteiger partial charge is 0.465 e. The smallest absolute Gasteiger partial charge is 0.325 e. The molecule has 4 rings (SSSR count). The number of ether oxygens (including phenoxy) is 3. The summed E-state index contributed by atoms with van der Waals surface area (Å²) in [7, 11) is 1.99. The van der Waals surface area contributed by atoms with Crippen LogP contribution in [0.1, 0.15) is 66.6 Å². The van der Waals surface area contributed by atoms with Crippen LogP contribution < -0.4 is 10.6 Å². The molecule has 236 valence electrons. The zero-order valence-corrected chi connectivity index (χ0v) is 25.5. The maximum Gasteiger partial charge on any atom is 0.325 e. The van der Waals surface area contributed by atoms with Crippen molar-refractivity contribution in [1.29, 1.82) is 0 Å². The third kappa shape index (κ3) is 9.35. The maximum atomic E-state index is 12.0. The lowest BCUT2D eigenvalue weighted by Crippen LogP contribution is -2.43. The van der Waals surface area contributed by atoms with Crippen LogP contribution in [0.3, 0.4) is 0 Å². The van der Waals surface area contributed by atoms with E-state index in [1.54, 1.807) is 6.92 Å². The number of hydrogen-bond donors (Lipinski definition) is 4. The number of aliphatic hydroxyl groups excluding tert-OH is 2. The molecule has 0 radical (unpaired) electrons. The molecule has 0 aliphatic carbocycles. The zero-order chi connectivity index (χ0) is 31.5. The minimum absolute atomic E-state index is 0.0269. The molecule has 4 N–H and O–H groups in total. The Labute approximate surface area is 258 Å². The number of esters is 1. The van der Waals surface area contributed by atoms with Crippen molar-refractivity contribution in [1.82, 2.24) is 15.5 Å². The Hall–Kier alpha value is -3.80. The number of amides is 2. The highest BCUT2D eigenvalue weighted by molar-refractivity contribution is 5.80. The number of urea groups is 1. The van der Waals surface area contributed by atoms with E-state index in [1.807, 2.05) is 92.8 Å². The first kappa shape index (κ1) is 33.1. The minimum Gasteiger partial charge on any atom is -0.465 e. The van der Waals surface area contributed by atoms with E-state index in [9.17, 15) is 19.8 Å².